The number of rotatable bonds is 6. The van der Waals surface area contributed by atoms with Crippen LogP contribution >= 0.6 is 0 Å². The quantitative estimate of drug-likeness (QED) is 0.751. The summed E-state index contributed by atoms with van der Waals surface area (Å²) < 4.78 is 8.29. The predicted octanol–water partition coefficient (Wildman–Crippen LogP) is 2.56. The van der Waals surface area contributed by atoms with E-state index >= 15 is 0 Å². The number of ether oxygens (including phenoxy) is 1. The molecule has 0 aromatic carbocycles. The van der Waals surface area contributed by atoms with Crippen molar-refractivity contribution in [3.05, 3.63) is 11.4 Å². The Morgan fingerprint density at radius 1 is 1.10 bits per heavy atom. The van der Waals surface area contributed by atoms with Gasteiger partial charge in [0, 0.05) is 18.9 Å². The van der Waals surface area contributed by atoms with E-state index in [-0.39, 0.29) is 23.3 Å². The topological polar surface area (TPSA) is 89.3 Å². The molecule has 1 unspecified atom stereocenters. The predicted molar refractivity (Wildman–Crippen MR) is 114 cm³/mol. The molecule has 5 rings (SSSR count). The Kier molecular flexibility index (Phi) is 5.99. The number of likely N-dealkylation sites (tertiary alicyclic amines) is 1. The van der Waals surface area contributed by atoms with Crippen molar-refractivity contribution < 1.29 is 14.3 Å². The summed E-state index contributed by atoms with van der Waals surface area (Å²) in [6.45, 7) is 2.94. The van der Waals surface area contributed by atoms with Gasteiger partial charge in [-0.15, -0.1) is 5.10 Å². The van der Waals surface area contributed by atoms with E-state index in [9.17, 15) is 9.59 Å². The van der Waals surface area contributed by atoms with Crippen molar-refractivity contribution in [2.45, 2.75) is 95.9 Å². The van der Waals surface area contributed by atoms with E-state index in [1.807, 2.05) is 9.58 Å². The van der Waals surface area contributed by atoms with Crippen LogP contribution in [0.15, 0.2) is 0 Å². The summed E-state index contributed by atoms with van der Waals surface area (Å²) >= 11 is 0. The fourth-order valence-electron chi connectivity index (χ4n) is 5.51. The molecule has 31 heavy (non-hydrogen) atoms. The smallest absolute Gasteiger partial charge is 0.223 e. The van der Waals surface area contributed by atoms with Gasteiger partial charge >= 0.3 is 0 Å². The van der Waals surface area contributed by atoms with Crippen LogP contribution in [0.2, 0.25) is 0 Å². The molecule has 1 aromatic heterocycles. The Morgan fingerprint density at radius 2 is 1.94 bits per heavy atom. The van der Waals surface area contributed by atoms with Crippen LogP contribution in [0.1, 0.15) is 82.0 Å². The van der Waals surface area contributed by atoms with Gasteiger partial charge in [-0.1, -0.05) is 37.3 Å². The number of nitrogens with one attached hydrogen (secondary N) is 1. The number of piperidine rings is 1. The first-order valence-corrected chi connectivity index (χ1v) is 12.2. The molecule has 8 nitrogen and oxygen atoms in total. The minimum atomic E-state index is -0.367. The fraction of sp³-hybridized carbons (Fsp3) is 0.826. The van der Waals surface area contributed by atoms with Crippen molar-refractivity contribution in [1.29, 1.82) is 0 Å². The summed E-state index contributed by atoms with van der Waals surface area (Å²) in [6, 6.07) is 0. The van der Waals surface area contributed by atoms with Crippen molar-refractivity contribution in [3.63, 3.8) is 0 Å². The SMILES string of the molecule is O=C(NCc1nnn2c1COC1(CCCN(C(=O)CCC3CCCCC3)C1)C2)C1CC1. The first-order chi connectivity index (χ1) is 15.1. The molecule has 3 heterocycles. The van der Waals surface area contributed by atoms with Crippen molar-refractivity contribution in [1.82, 2.24) is 25.2 Å². The average Bonchev–Trinajstić information content (AvgIpc) is 3.58. The molecule has 0 radical (unpaired) electrons. The molecule has 2 aliphatic carbocycles. The van der Waals surface area contributed by atoms with Crippen molar-refractivity contribution in [2.24, 2.45) is 11.8 Å². The number of carbonyl (C=O) groups excluding carboxylic acids is 2. The zero-order valence-corrected chi connectivity index (χ0v) is 18.5. The van der Waals surface area contributed by atoms with E-state index in [1.165, 1.54) is 32.1 Å². The first kappa shape index (κ1) is 20.9. The Hall–Kier alpha value is -1.96. The lowest BCUT2D eigenvalue weighted by Crippen LogP contribution is -2.55. The van der Waals surface area contributed by atoms with Crippen LogP contribution < -0.4 is 5.32 Å². The average molecular weight is 430 g/mol. The second kappa shape index (κ2) is 8.88. The maximum atomic E-state index is 12.9. The third-order valence-corrected chi connectivity index (χ3v) is 7.63. The highest BCUT2D eigenvalue weighted by Gasteiger charge is 2.42. The fourth-order valence-corrected chi connectivity index (χ4v) is 5.51. The molecule has 2 saturated carbocycles. The lowest BCUT2D eigenvalue weighted by Gasteiger charge is -2.44. The van der Waals surface area contributed by atoms with Crippen molar-refractivity contribution in [2.75, 3.05) is 13.1 Å². The van der Waals surface area contributed by atoms with Crippen LogP contribution in [0.4, 0.5) is 0 Å². The molecule has 170 valence electrons. The molecule has 0 bridgehead atoms. The lowest BCUT2D eigenvalue weighted by molar-refractivity contribution is -0.153. The third kappa shape index (κ3) is 4.78. The molecule has 3 fully saturated rings. The van der Waals surface area contributed by atoms with Gasteiger partial charge in [0.2, 0.25) is 11.8 Å². The molecule has 8 heteroatoms. The monoisotopic (exact) mass is 429 g/mol. The number of aromatic nitrogens is 3. The molecular formula is C23H35N5O3. The molecule has 1 aromatic rings. The molecule has 1 spiro atoms. The summed E-state index contributed by atoms with van der Waals surface area (Å²) in [6.07, 6.45) is 12.2. The summed E-state index contributed by atoms with van der Waals surface area (Å²) in [7, 11) is 0. The lowest BCUT2D eigenvalue weighted by atomic mass is 9.85. The molecular weight excluding hydrogens is 394 g/mol. The van der Waals surface area contributed by atoms with Crippen LogP contribution in [-0.4, -0.2) is 50.4 Å². The van der Waals surface area contributed by atoms with E-state index < -0.39 is 0 Å². The maximum absolute atomic E-state index is 12.9. The Bertz CT molecular complexity index is 814. The summed E-state index contributed by atoms with van der Waals surface area (Å²) in [5.41, 5.74) is 1.37. The standard InChI is InChI=1S/C23H35N5O3/c29-21(10-7-17-5-2-1-3-6-17)27-12-4-11-23(15-27)16-28-20(14-31-23)19(25-26-28)13-24-22(30)18-8-9-18/h17-18H,1-16H2,(H,24,30). The van der Waals surface area contributed by atoms with E-state index in [4.69, 9.17) is 4.74 Å². The molecule has 2 aliphatic heterocycles. The minimum Gasteiger partial charge on any atom is -0.365 e. The highest BCUT2D eigenvalue weighted by atomic mass is 16.5. The summed E-state index contributed by atoms with van der Waals surface area (Å²) in [4.78, 5) is 26.9. The minimum absolute atomic E-state index is 0.115. The van der Waals surface area contributed by atoms with Gasteiger partial charge in [0.15, 0.2) is 0 Å². The number of fused-ring (bicyclic) bond motifs is 1. The number of nitrogens with zero attached hydrogens (tertiary/aromatic N) is 4. The van der Waals surface area contributed by atoms with Gasteiger partial charge < -0.3 is 15.0 Å². The maximum Gasteiger partial charge on any atom is 0.223 e. The van der Waals surface area contributed by atoms with E-state index in [0.717, 1.165) is 56.0 Å². The van der Waals surface area contributed by atoms with Crippen LogP contribution in [-0.2, 0) is 34.0 Å². The van der Waals surface area contributed by atoms with Gasteiger partial charge in [-0.3, -0.25) is 9.59 Å². The van der Waals surface area contributed by atoms with E-state index in [1.54, 1.807) is 0 Å². The molecule has 2 amide bonds. The van der Waals surface area contributed by atoms with Gasteiger partial charge in [0.05, 0.1) is 31.9 Å². The number of carbonyl (C=O) groups is 2. The Morgan fingerprint density at radius 3 is 2.74 bits per heavy atom. The van der Waals surface area contributed by atoms with Gasteiger partial charge in [0.25, 0.3) is 0 Å². The van der Waals surface area contributed by atoms with E-state index in [2.05, 4.69) is 15.6 Å². The molecule has 1 atom stereocenters. The van der Waals surface area contributed by atoms with Crippen LogP contribution in [0, 0.1) is 11.8 Å². The van der Waals surface area contributed by atoms with E-state index in [0.29, 0.717) is 32.7 Å². The summed E-state index contributed by atoms with van der Waals surface area (Å²) in [5, 5.41) is 11.6. The summed E-state index contributed by atoms with van der Waals surface area (Å²) in [5.74, 6) is 1.32. The van der Waals surface area contributed by atoms with Gasteiger partial charge in [0.1, 0.15) is 11.3 Å². The van der Waals surface area contributed by atoms with Crippen LogP contribution in [0.3, 0.4) is 0 Å². The van der Waals surface area contributed by atoms with Gasteiger partial charge in [-0.25, -0.2) is 4.68 Å². The highest BCUT2D eigenvalue weighted by Crippen LogP contribution is 2.34. The van der Waals surface area contributed by atoms with Crippen molar-refractivity contribution >= 4 is 11.8 Å². The Labute approximate surface area is 184 Å². The highest BCUT2D eigenvalue weighted by molar-refractivity contribution is 5.80. The third-order valence-electron chi connectivity index (χ3n) is 7.63. The normalized spacial score (nSPS) is 26.6. The number of hydrogen-bond acceptors (Lipinski definition) is 5. The van der Waals surface area contributed by atoms with Crippen LogP contribution in [0.5, 0.6) is 0 Å². The van der Waals surface area contributed by atoms with Gasteiger partial charge in [-0.05, 0) is 38.0 Å². The number of amides is 2. The molecule has 4 aliphatic rings. The molecule has 1 saturated heterocycles. The first-order valence-electron chi connectivity index (χ1n) is 12.2. The second-order valence-electron chi connectivity index (χ2n) is 10.1. The zero-order chi connectivity index (χ0) is 21.3. The molecule has 1 N–H and O–H groups in total. The second-order valence-corrected chi connectivity index (χ2v) is 10.1. The van der Waals surface area contributed by atoms with Crippen molar-refractivity contribution in [3.8, 4) is 0 Å². The zero-order valence-electron chi connectivity index (χ0n) is 18.5. The Balaban J connectivity index is 1.16. The van der Waals surface area contributed by atoms with Gasteiger partial charge in [-0.2, -0.15) is 0 Å². The van der Waals surface area contributed by atoms with Crippen LogP contribution in [0.25, 0.3) is 0 Å². The number of hydrogen-bond donors (Lipinski definition) is 1. The largest absolute Gasteiger partial charge is 0.365 e.